The number of carbonyl (C=O) groups is 1. The Labute approximate surface area is 181 Å². The molecule has 0 fully saturated rings. The fourth-order valence-corrected chi connectivity index (χ4v) is 4.30. The lowest BCUT2D eigenvalue weighted by Crippen LogP contribution is -2.36. The molecule has 0 saturated heterocycles. The molecule has 4 nitrogen and oxygen atoms in total. The van der Waals surface area contributed by atoms with Crippen LogP contribution in [0.1, 0.15) is 21.5 Å². The molecule has 30 heavy (non-hydrogen) atoms. The molecule has 1 heterocycles. The zero-order valence-electron chi connectivity index (χ0n) is 17.3. The third-order valence-electron chi connectivity index (χ3n) is 4.98. The largest absolute Gasteiger partial charge is 0.308 e. The van der Waals surface area contributed by atoms with E-state index in [-0.39, 0.29) is 5.91 Å². The van der Waals surface area contributed by atoms with Crippen LogP contribution in [0.3, 0.4) is 0 Å². The van der Waals surface area contributed by atoms with Crippen LogP contribution in [0.2, 0.25) is 0 Å². The molecule has 0 radical (unpaired) electrons. The molecule has 4 rings (SSSR count). The van der Waals surface area contributed by atoms with Crippen molar-refractivity contribution in [3.63, 3.8) is 0 Å². The van der Waals surface area contributed by atoms with Gasteiger partial charge in [-0.3, -0.25) is 9.69 Å². The Kier molecular flexibility index (Phi) is 6.21. The second-order valence-electron chi connectivity index (χ2n) is 7.58. The van der Waals surface area contributed by atoms with Crippen molar-refractivity contribution in [1.82, 2.24) is 9.88 Å². The minimum absolute atomic E-state index is 0.0119. The van der Waals surface area contributed by atoms with Crippen molar-refractivity contribution in [1.29, 1.82) is 0 Å². The van der Waals surface area contributed by atoms with E-state index in [4.69, 9.17) is 4.98 Å². The third-order valence-corrected chi connectivity index (χ3v) is 6.04. The average Bonchev–Trinajstić information content (AvgIpc) is 3.18. The zero-order valence-corrected chi connectivity index (χ0v) is 18.1. The minimum Gasteiger partial charge on any atom is -0.308 e. The van der Waals surface area contributed by atoms with E-state index in [1.807, 2.05) is 80.8 Å². The number of hydrogen-bond donors (Lipinski definition) is 0. The van der Waals surface area contributed by atoms with Crippen LogP contribution in [0.4, 0.5) is 5.13 Å². The smallest absolute Gasteiger partial charge is 0.260 e. The highest BCUT2D eigenvalue weighted by Crippen LogP contribution is 2.29. The van der Waals surface area contributed by atoms with Gasteiger partial charge < -0.3 is 4.90 Å². The maximum absolute atomic E-state index is 13.4. The first-order valence-electron chi connectivity index (χ1n) is 10.1. The molecule has 3 aromatic carbocycles. The van der Waals surface area contributed by atoms with Crippen molar-refractivity contribution in [2.75, 3.05) is 32.1 Å². The SMILES string of the molecule is CN(C)CCN(C(=O)c1ccc(Cc2ccccc2)cc1)c1nc2ccccc2s1. The van der Waals surface area contributed by atoms with Crippen molar-refractivity contribution < 1.29 is 4.79 Å². The summed E-state index contributed by atoms with van der Waals surface area (Å²) in [7, 11) is 4.03. The first-order valence-corrected chi connectivity index (χ1v) is 10.9. The summed E-state index contributed by atoms with van der Waals surface area (Å²) < 4.78 is 1.09. The van der Waals surface area contributed by atoms with Crippen LogP contribution >= 0.6 is 11.3 Å². The summed E-state index contributed by atoms with van der Waals surface area (Å²) in [6.45, 7) is 1.37. The van der Waals surface area contributed by atoms with E-state index in [0.29, 0.717) is 12.1 Å². The monoisotopic (exact) mass is 415 g/mol. The van der Waals surface area contributed by atoms with Crippen molar-refractivity contribution in [3.8, 4) is 0 Å². The minimum atomic E-state index is -0.0119. The van der Waals surface area contributed by atoms with Crippen molar-refractivity contribution in [2.24, 2.45) is 0 Å². The second kappa shape index (κ2) is 9.20. The summed E-state index contributed by atoms with van der Waals surface area (Å²) in [5, 5.41) is 0.747. The summed E-state index contributed by atoms with van der Waals surface area (Å²) in [5.41, 5.74) is 4.07. The van der Waals surface area contributed by atoms with Crippen molar-refractivity contribution >= 4 is 32.6 Å². The molecule has 152 valence electrons. The highest BCUT2D eigenvalue weighted by atomic mass is 32.1. The number of fused-ring (bicyclic) bond motifs is 1. The molecule has 4 aromatic rings. The van der Waals surface area contributed by atoms with Gasteiger partial charge in [0.2, 0.25) is 0 Å². The molecule has 0 spiro atoms. The number of hydrogen-bond acceptors (Lipinski definition) is 4. The number of aromatic nitrogens is 1. The number of likely N-dealkylation sites (N-methyl/N-ethyl adjacent to an activating group) is 1. The number of carbonyl (C=O) groups excluding carboxylic acids is 1. The van der Waals surface area contributed by atoms with Crippen LogP contribution in [0.25, 0.3) is 10.2 Å². The molecular weight excluding hydrogens is 390 g/mol. The Morgan fingerprint density at radius 3 is 2.20 bits per heavy atom. The predicted molar refractivity (Wildman–Crippen MR) is 126 cm³/mol. The van der Waals surface area contributed by atoms with Crippen LogP contribution in [-0.2, 0) is 6.42 Å². The topological polar surface area (TPSA) is 36.4 Å². The van der Waals surface area contributed by atoms with Gasteiger partial charge in [-0.15, -0.1) is 0 Å². The molecular formula is C25H25N3OS. The average molecular weight is 416 g/mol. The second-order valence-corrected chi connectivity index (χ2v) is 8.59. The Balaban J connectivity index is 1.57. The normalized spacial score (nSPS) is 11.2. The Hall–Kier alpha value is -3.02. The maximum atomic E-state index is 13.4. The van der Waals surface area contributed by atoms with Crippen LogP contribution in [-0.4, -0.2) is 43.0 Å². The van der Waals surface area contributed by atoms with Gasteiger partial charge in [-0.05, 0) is 55.9 Å². The third kappa shape index (κ3) is 4.75. The van der Waals surface area contributed by atoms with E-state index in [9.17, 15) is 4.79 Å². The predicted octanol–water partition coefficient (Wildman–Crippen LogP) is 5.10. The van der Waals surface area contributed by atoms with Crippen molar-refractivity contribution in [2.45, 2.75) is 6.42 Å². The van der Waals surface area contributed by atoms with E-state index >= 15 is 0 Å². The number of thiazole rings is 1. The number of para-hydroxylation sites is 1. The molecule has 0 atom stereocenters. The Bertz CT molecular complexity index is 1090. The van der Waals surface area contributed by atoms with Crippen molar-refractivity contribution in [3.05, 3.63) is 95.6 Å². The number of benzene rings is 3. The zero-order chi connectivity index (χ0) is 20.9. The number of nitrogens with zero attached hydrogens (tertiary/aromatic N) is 3. The van der Waals surface area contributed by atoms with E-state index in [0.717, 1.165) is 28.3 Å². The summed E-state index contributed by atoms with van der Waals surface area (Å²) in [5.74, 6) is -0.0119. The van der Waals surface area contributed by atoms with E-state index in [2.05, 4.69) is 17.0 Å². The molecule has 0 unspecified atom stereocenters. The van der Waals surface area contributed by atoms with Crippen LogP contribution in [0, 0.1) is 0 Å². The van der Waals surface area contributed by atoms with E-state index in [1.54, 1.807) is 16.2 Å². The summed E-state index contributed by atoms with van der Waals surface area (Å²) in [6, 6.07) is 26.3. The van der Waals surface area contributed by atoms with Gasteiger partial charge in [0.15, 0.2) is 5.13 Å². The van der Waals surface area contributed by atoms with Gasteiger partial charge in [0, 0.05) is 18.7 Å². The Morgan fingerprint density at radius 2 is 1.50 bits per heavy atom. The fraction of sp³-hybridized carbons (Fsp3) is 0.200. The molecule has 5 heteroatoms. The lowest BCUT2D eigenvalue weighted by molar-refractivity contribution is 0.0985. The molecule has 0 saturated carbocycles. The highest BCUT2D eigenvalue weighted by Gasteiger charge is 2.21. The molecule has 0 bridgehead atoms. The molecule has 0 N–H and O–H groups in total. The standard InChI is InChI=1S/C25H25N3OS/c1-27(2)16-17-28(25-26-22-10-6-7-11-23(22)30-25)24(29)21-14-12-20(13-15-21)18-19-8-4-3-5-9-19/h3-15H,16-18H2,1-2H3. The maximum Gasteiger partial charge on any atom is 0.260 e. The first kappa shape index (κ1) is 20.3. The van der Waals surface area contributed by atoms with E-state index in [1.165, 1.54) is 11.1 Å². The van der Waals surface area contributed by atoms with Crippen LogP contribution < -0.4 is 4.90 Å². The summed E-state index contributed by atoms with van der Waals surface area (Å²) in [6.07, 6.45) is 0.859. The van der Waals surface area contributed by atoms with E-state index < -0.39 is 0 Å². The highest BCUT2D eigenvalue weighted by molar-refractivity contribution is 7.22. The molecule has 1 aromatic heterocycles. The molecule has 0 aliphatic heterocycles. The number of rotatable bonds is 7. The van der Waals surface area contributed by atoms with Gasteiger partial charge in [0.05, 0.1) is 10.2 Å². The van der Waals surface area contributed by atoms with Gasteiger partial charge in [-0.1, -0.05) is 65.9 Å². The lowest BCUT2D eigenvalue weighted by Gasteiger charge is -2.22. The molecule has 0 aliphatic carbocycles. The van der Waals surface area contributed by atoms with Gasteiger partial charge in [-0.2, -0.15) is 0 Å². The van der Waals surface area contributed by atoms with Crippen LogP contribution in [0.5, 0.6) is 0 Å². The Morgan fingerprint density at radius 1 is 0.833 bits per heavy atom. The quantitative estimate of drug-likeness (QED) is 0.422. The lowest BCUT2D eigenvalue weighted by atomic mass is 10.0. The number of amides is 1. The van der Waals surface area contributed by atoms with Gasteiger partial charge in [0.1, 0.15) is 0 Å². The summed E-state index contributed by atoms with van der Waals surface area (Å²) in [4.78, 5) is 22.0. The number of anilines is 1. The fourth-order valence-electron chi connectivity index (χ4n) is 3.31. The van der Waals surface area contributed by atoms with Gasteiger partial charge in [0.25, 0.3) is 5.91 Å². The first-order chi connectivity index (χ1) is 14.6. The van der Waals surface area contributed by atoms with Gasteiger partial charge >= 0.3 is 0 Å². The van der Waals surface area contributed by atoms with Gasteiger partial charge in [-0.25, -0.2) is 4.98 Å². The summed E-state index contributed by atoms with van der Waals surface area (Å²) >= 11 is 1.56. The molecule has 1 amide bonds. The molecule has 0 aliphatic rings. The van der Waals surface area contributed by atoms with Crippen LogP contribution in [0.15, 0.2) is 78.9 Å².